The number of aliphatic hydroxyl groups is 1. The molecule has 0 heterocycles. The fourth-order valence-electron chi connectivity index (χ4n) is 3.20. The molecule has 3 heteroatoms. The third-order valence-electron chi connectivity index (χ3n) is 4.37. The van der Waals surface area contributed by atoms with Gasteiger partial charge in [0.25, 0.3) is 0 Å². The number of halogens is 1. The van der Waals surface area contributed by atoms with E-state index in [1.807, 2.05) is 24.3 Å². The van der Waals surface area contributed by atoms with Gasteiger partial charge in [-0.15, -0.1) is 0 Å². The lowest BCUT2D eigenvalue weighted by atomic mass is 9.99. The number of nitrogens with one attached hydrogen (secondary N) is 1. The van der Waals surface area contributed by atoms with Crippen molar-refractivity contribution >= 4 is 0 Å². The minimum Gasteiger partial charge on any atom is -0.392 e. The fourth-order valence-corrected chi connectivity index (χ4v) is 3.20. The van der Waals surface area contributed by atoms with E-state index in [2.05, 4.69) is 5.32 Å². The second-order valence-corrected chi connectivity index (χ2v) is 6.04. The van der Waals surface area contributed by atoms with Gasteiger partial charge in [0.1, 0.15) is 5.82 Å². The number of aliphatic hydroxyl groups excluding tert-OH is 1. The molecule has 2 aromatic carbocycles. The highest BCUT2D eigenvalue weighted by Gasteiger charge is 2.14. The molecule has 1 fully saturated rings. The molecule has 2 aromatic rings. The van der Waals surface area contributed by atoms with Crippen LogP contribution < -0.4 is 5.32 Å². The molecule has 116 valence electrons. The first-order valence-corrected chi connectivity index (χ1v) is 7.98. The van der Waals surface area contributed by atoms with Gasteiger partial charge < -0.3 is 10.4 Å². The largest absolute Gasteiger partial charge is 0.392 e. The summed E-state index contributed by atoms with van der Waals surface area (Å²) in [5.74, 6) is -0.229. The van der Waals surface area contributed by atoms with E-state index in [9.17, 15) is 9.50 Å². The molecule has 1 saturated carbocycles. The van der Waals surface area contributed by atoms with E-state index in [0.717, 1.165) is 23.2 Å². The quantitative estimate of drug-likeness (QED) is 0.874. The Morgan fingerprint density at radius 3 is 2.50 bits per heavy atom. The Kier molecular flexibility index (Phi) is 4.86. The van der Waals surface area contributed by atoms with E-state index in [1.165, 1.54) is 31.7 Å². The summed E-state index contributed by atoms with van der Waals surface area (Å²) in [5, 5.41) is 13.0. The first kappa shape index (κ1) is 15.2. The van der Waals surface area contributed by atoms with E-state index in [0.29, 0.717) is 11.6 Å². The summed E-state index contributed by atoms with van der Waals surface area (Å²) < 4.78 is 14.0. The van der Waals surface area contributed by atoms with Crippen LogP contribution in [0.3, 0.4) is 0 Å². The van der Waals surface area contributed by atoms with Crippen LogP contribution in [0.15, 0.2) is 42.5 Å². The first-order valence-electron chi connectivity index (χ1n) is 7.98. The van der Waals surface area contributed by atoms with Crippen molar-refractivity contribution in [3.8, 4) is 11.1 Å². The van der Waals surface area contributed by atoms with Gasteiger partial charge in [0.15, 0.2) is 0 Å². The Morgan fingerprint density at radius 2 is 1.77 bits per heavy atom. The Morgan fingerprint density at radius 1 is 1.05 bits per heavy atom. The molecule has 1 aliphatic carbocycles. The Hall–Kier alpha value is -1.71. The van der Waals surface area contributed by atoms with Crippen molar-refractivity contribution in [3.05, 3.63) is 59.4 Å². The van der Waals surface area contributed by atoms with Gasteiger partial charge in [0, 0.05) is 18.2 Å². The molecule has 0 saturated heterocycles. The van der Waals surface area contributed by atoms with Crippen LogP contribution in [0.2, 0.25) is 0 Å². The van der Waals surface area contributed by atoms with Crippen LogP contribution in [0.25, 0.3) is 11.1 Å². The SMILES string of the molecule is OCc1cc(CNC2CCCC2)cc(-c2ccccc2F)c1. The highest BCUT2D eigenvalue weighted by Crippen LogP contribution is 2.26. The average molecular weight is 299 g/mol. The van der Waals surface area contributed by atoms with Crippen molar-refractivity contribution in [3.63, 3.8) is 0 Å². The van der Waals surface area contributed by atoms with Crippen LogP contribution in [0.4, 0.5) is 4.39 Å². The molecule has 22 heavy (non-hydrogen) atoms. The van der Waals surface area contributed by atoms with Gasteiger partial charge in [0.2, 0.25) is 0 Å². The topological polar surface area (TPSA) is 32.3 Å². The highest BCUT2D eigenvalue weighted by molar-refractivity contribution is 5.65. The third-order valence-corrected chi connectivity index (χ3v) is 4.37. The molecule has 2 N–H and O–H groups in total. The molecular formula is C19H22FNO. The lowest BCUT2D eigenvalue weighted by molar-refractivity contribution is 0.281. The molecule has 3 rings (SSSR count). The summed E-state index contributed by atoms with van der Waals surface area (Å²) in [4.78, 5) is 0. The summed E-state index contributed by atoms with van der Waals surface area (Å²) in [5.41, 5.74) is 3.33. The average Bonchev–Trinajstić information content (AvgIpc) is 3.06. The molecule has 0 amide bonds. The Bertz CT molecular complexity index is 635. The molecule has 0 bridgehead atoms. The van der Waals surface area contributed by atoms with Crippen molar-refractivity contribution in [2.24, 2.45) is 0 Å². The normalized spacial score (nSPS) is 15.4. The smallest absolute Gasteiger partial charge is 0.131 e. The fraction of sp³-hybridized carbons (Fsp3) is 0.368. The maximum absolute atomic E-state index is 14.0. The maximum atomic E-state index is 14.0. The van der Waals surface area contributed by atoms with Gasteiger partial charge in [-0.05, 0) is 47.7 Å². The van der Waals surface area contributed by atoms with E-state index in [-0.39, 0.29) is 12.4 Å². The summed E-state index contributed by atoms with van der Waals surface area (Å²) in [6.07, 6.45) is 5.07. The number of benzene rings is 2. The molecule has 0 atom stereocenters. The van der Waals surface area contributed by atoms with Crippen LogP contribution in [-0.4, -0.2) is 11.1 Å². The maximum Gasteiger partial charge on any atom is 0.131 e. The molecule has 0 unspecified atom stereocenters. The zero-order valence-corrected chi connectivity index (χ0v) is 12.7. The Labute approximate surface area is 131 Å². The second kappa shape index (κ2) is 7.03. The lowest BCUT2D eigenvalue weighted by Crippen LogP contribution is -2.25. The number of rotatable bonds is 5. The van der Waals surface area contributed by atoms with Crippen LogP contribution in [0.5, 0.6) is 0 Å². The van der Waals surface area contributed by atoms with Crippen molar-refractivity contribution in [2.75, 3.05) is 0 Å². The van der Waals surface area contributed by atoms with E-state index in [1.54, 1.807) is 12.1 Å². The monoisotopic (exact) mass is 299 g/mol. The predicted octanol–water partition coefficient (Wildman–Crippen LogP) is 4.02. The van der Waals surface area contributed by atoms with Crippen molar-refractivity contribution < 1.29 is 9.50 Å². The van der Waals surface area contributed by atoms with Gasteiger partial charge in [-0.2, -0.15) is 0 Å². The molecule has 1 aliphatic rings. The number of hydrogen-bond acceptors (Lipinski definition) is 2. The van der Waals surface area contributed by atoms with Crippen molar-refractivity contribution in [2.45, 2.75) is 44.9 Å². The third kappa shape index (κ3) is 3.54. The molecule has 0 aromatic heterocycles. The van der Waals surface area contributed by atoms with E-state index >= 15 is 0 Å². The first-order chi connectivity index (χ1) is 10.8. The minimum atomic E-state index is -0.229. The van der Waals surface area contributed by atoms with E-state index < -0.39 is 0 Å². The van der Waals surface area contributed by atoms with Gasteiger partial charge in [-0.1, -0.05) is 37.1 Å². The van der Waals surface area contributed by atoms with Gasteiger partial charge in [-0.3, -0.25) is 0 Å². The Balaban J connectivity index is 1.84. The second-order valence-electron chi connectivity index (χ2n) is 6.04. The molecule has 0 aliphatic heterocycles. The predicted molar refractivity (Wildman–Crippen MR) is 86.9 cm³/mol. The van der Waals surface area contributed by atoms with Gasteiger partial charge >= 0.3 is 0 Å². The lowest BCUT2D eigenvalue weighted by Gasteiger charge is -2.14. The van der Waals surface area contributed by atoms with Crippen LogP contribution in [-0.2, 0) is 13.2 Å². The highest BCUT2D eigenvalue weighted by atomic mass is 19.1. The zero-order chi connectivity index (χ0) is 15.4. The summed E-state index contributed by atoms with van der Waals surface area (Å²) in [6.45, 7) is 0.735. The summed E-state index contributed by atoms with van der Waals surface area (Å²) in [7, 11) is 0. The molecular weight excluding hydrogens is 277 g/mol. The van der Waals surface area contributed by atoms with E-state index in [4.69, 9.17) is 0 Å². The molecule has 2 nitrogen and oxygen atoms in total. The standard InChI is InChI=1S/C19H22FNO/c20-19-8-4-3-7-18(19)16-10-14(9-15(11-16)13-22)12-21-17-5-1-2-6-17/h3-4,7-11,17,21-22H,1-2,5-6,12-13H2. The summed E-state index contributed by atoms with van der Waals surface area (Å²) >= 11 is 0. The molecule has 0 spiro atoms. The number of hydrogen-bond donors (Lipinski definition) is 2. The minimum absolute atomic E-state index is 0.0290. The van der Waals surface area contributed by atoms with Crippen molar-refractivity contribution in [1.29, 1.82) is 0 Å². The van der Waals surface area contributed by atoms with Crippen LogP contribution in [0.1, 0.15) is 36.8 Å². The van der Waals surface area contributed by atoms with Gasteiger partial charge in [0.05, 0.1) is 6.61 Å². The van der Waals surface area contributed by atoms with Gasteiger partial charge in [-0.25, -0.2) is 4.39 Å². The molecule has 0 radical (unpaired) electrons. The zero-order valence-electron chi connectivity index (χ0n) is 12.7. The summed E-state index contributed by atoms with van der Waals surface area (Å²) in [6, 6.07) is 13.2. The van der Waals surface area contributed by atoms with Crippen LogP contribution in [0, 0.1) is 5.82 Å². The van der Waals surface area contributed by atoms with Crippen molar-refractivity contribution in [1.82, 2.24) is 5.32 Å². The van der Waals surface area contributed by atoms with Crippen LogP contribution >= 0.6 is 0 Å².